The SMILES string of the molecule is CCc1c(C(=O)Nc2ccc(F)c(F)c2)nnn1-c1ccc(OC(F)F)cc1. The minimum absolute atomic E-state index is 0.000130. The van der Waals surface area contributed by atoms with Gasteiger partial charge in [-0.3, -0.25) is 4.79 Å². The molecule has 0 spiro atoms. The van der Waals surface area contributed by atoms with Gasteiger partial charge in [0.15, 0.2) is 17.3 Å². The number of nitrogens with zero attached hydrogens (tertiary/aromatic N) is 3. The number of aromatic nitrogens is 3. The number of amides is 1. The molecule has 1 N–H and O–H groups in total. The first-order chi connectivity index (χ1) is 13.4. The number of nitrogens with one attached hydrogen (secondary N) is 1. The molecule has 0 saturated carbocycles. The predicted octanol–water partition coefficient (Wildman–Crippen LogP) is 3.96. The van der Waals surface area contributed by atoms with Gasteiger partial charge in [0.2, 0.25) is 0 Å². The molecule has 0 atom stereocenters. The fourth-order valence-corrected chi connectivity index (χ4v) is 2.54. The molecule has 0 aliphatic carbocycles. The van der Waals surface area contributed by atoms with Crippen LogP contribution in [0.1, 0.15) is 23.1 Å². The van der Waals surface area contributed by atoms with Gasteiger partial charge in [0.25, 0.3) is 5.91 Å². The molecule has 0 unspecified atom stereocenters. The van der Waals surface area contributed by atoms with E-state index in [1.807, 2.05) is 0 Å². The highest BCUT2D eigenvalue weighted by Crippen LogP contribution is 2.20. The molecule has 1 heterocycles. The van der Waals surface area contributed by atoms with Crippen LogP contribution in [0.3, 0.4) is 0 Å². The highest BCUT2D eigenvalue weighted by atomic mass is 19.3. The summed E-state index contributed by atoms with van der Waals surface area (Å²) in [5, 5.41) is 10.2. The van der Waals surface area contributed by atoms with Crippen LogP contribution >= 0.6 is 0 Å². The molecule has 1 aromatic heterocycles. The third kappa shape index (κ3) is 4.11. The van der Waals surface area contributed by atoms with Gasteiger partial charge >= 0.3 is 6.61 Å². The van der Waals surface area contributed by atoms with Gasteiger partial charge in [-0.25, -0.2) is 13.5 Å². The van der Waals surface area contributed by atoms with Crippen LogP contribution in [0.25, 0.3) is 5.69 Å². The number of benzene rings is 2. The zero-order valence-electron chi connectivity index (χ0n) is 14.5. The van der Waals surface area contributed by atoms with Crippen LogP contribution in [0.2, 0.25) is 0 Å². The summed E-state index contributed by atoms with van der Waals surface area (Å²) in [5.41, 5.74) is 0.995. The van der Waals surface area contributed by atoms with E-state index in [2.05, 4.69) is 20.4 Å². The smallest absolute Gasteiger partial charge is 0.387 e. The number of ether oxygens (including phenoxy) is 1. The fourth-order valence-electron chi connectivity index (χ4n) is 2.54. The number of alkyl halides is 2. The van der Waals surface area contributed by atoms with E-state index in [1.165, 1.54) is 35.0 Å². The normalized spacial score (nSPS) is 10.9. The number of carbonyl (C=O) groups is 1. The van der Waals surface area contributed by atoms with Crippen molar-refractivity contribution in [2.75, 3.05) is 5.32 Å². The summed E-state index contributed by atoms with van der Waals surface area (Å²) in [6.45, 7) is -1.16. The Morgan fingerprint density at radius 3 is 2.46 bits per heavy atom. The second-order valence-corrected chi connectivity index (χ2v) is 5.61. The maximum absolute atomic E-state index is 13.3. The average molecular weight is 394 g/mol. The van der Waals surface area contributed by atoms with Crippen molar-refractivity contribution in [2.45, 2.75) is 20.0 Å². The van der Waals surface area contributed by atoms with E-state index in [4.69, 9.17) is 0 Å². The second-order valence-electron chi connectivity index (χ2n) is 5.61. The fraction of sp³-hybridized carbons (Fsp3) is 0.167. The first-order valence-electron chi connectivity index (χ1n) is 8.15. The summed E-state index contributed by atoms with van der Waals surface area (Å²) >= 11 is 0. The lowest BCUT2D eigenvalue weighted by Crippen LogP contribution is -2.15. The van der Waals surface area contributed by atoms with Crippen LogP contribution < -0.4 is 10.1 Å². The monoisotopic (exact) mass is 394 g/mol. The van der Waals surface area contributed by atoms with E-state index in [1.54, 1.807) is 6.92 Å². The maximum atomic E-state index is 13.3. The molecule has 6 nitrogen and oxygen atoms in total. The molecule has 28 heavy (non-hydrogen) atoms. The van der Waals surface area contributed by atoms with Gasteiger partial charge < -0.3 is 10.1 Å². The van der Waals surface area contributed by atoms with Crippen LogP contribution in [0, 0.1) is 11.6 Å². The van der Waals surface area contributed by atoms with Crippen molar-refractivity contribution in [3.63, 3.8) is 0 Å². The molecule has 10 heteroatoms. The van der Waals surface area contributed by atoms with Crippen molar-refractivity contribution in [1.29, 1.82) is 0 Å². The molecule has 0 bridgehead atoms. The van der Waals surface area contributed by atoms with Crippen molar-refractivity contribution in [1.82, 2.24) is 15.0 Å². The molecule has 0 aliphatic rings. The Bertz CT molecular complexity index is 990. The predicted molar refractivity (Wildman–Crippen MR) is 91.7 cm³/mol. The molecule has 0 radical (unpaired) electrons. The quantitative estimate of drug-likeness (QED) is 0.643. The number of hydrogen-bond acceptors (Lipinski definition) is 4. The maximum Gasteiger partial charge on any atom is 0.387 e. The molecule has 0 aliphatic heterocycles. The summed E-state index contributed by atoms with van der Waals surface area (Å²) in [6, 6.07) is 8.61. The standard InChI is InChI=1S/C18H14F4N4O2/c1-2-15-16(17(27)23-10-3-8-13(19)14(20)9-10)24-25-26(15)11-4-6-12(7-5-11)28-18(21)22/h3-9,18H,2H2,1H3,(H,23,27). The first-order valence-corrected chi connectivity index (χ1v) is 8.15. The van der Waals surface area contributed by atoms with Gasteiger partial charge in [0.1, 0.15) is 5.75 Å². The molecule has 0 fully saturated rings. The Labute approximate surface area is 156 Å². The van der Waals surface area contributed by atoms with E-state index in [-0.39, 0.29) is 17.1 Å². The van der Waals surface area contributed by atoms with Gasteiger partial charge in [0, 0.05) is 11.8 Å². The third-order valence-electron chi connectivity index (χ3n) is 3.80. The van der Waals surface area contributed by atoms with Crippen molar-refractivity contribution in [2.24, 2.45) is 0 Å². The number of carbonyl (C=O) groups excluding carboxylic acids is 1. The molecule has 2 aromatic carbocycles. The summed E-state index contributed by atoms with van der Waals surface area (Å²) in [4.78, 5) is 12.5. The van der Waals surface area contributed by atoms with Crippen molar-refractivity contribution in [3.05, 3.63) is 65.5 Å². The highest BCUT2D eigenvalue weighted by molar-refractivity contribution is 6.03. The first kappa shape index (κ1) is 19.3. The number of halogens is 4. The minimum Gasteiger partial charge on any atom is -0.435 e. The number of anilines is 1. The van der Waals surface area contributed by atoms with Gasteiger partial charge in [-0.1, -0.05) is 12.1 Å². The second kappa shape index (κ2) is 8.07. The Morgan fingerprint density at radius 1 is 1.14 bits per heavy atom. The summed E-state index contributed by atoms with van der Waals surface area (Å²) in [6.07, 6.45) is 0.378. The van der Waals surface area contributed by atoms with E-state index in [0.29, 0.717) is 17.8 Å². The summed E-state index contributed by atoms with van der Waals surface area (Å²) in [5.74, 6) is -2.79. The Balaban J connectivity index is 1.84. The van der Waals surface area contributed by atoms with Crippen LogP contribution in [0.4, 0.5) is 23.2 Å². The summed E-state index contributed by atoms with van der Waals surface area (Å²) in [7, 11) is 0. The van der Waals surface area contributed by atoms with E-state index in [9.17, 15) is 22.4 Å². The van der Waals surface area contributed by atoms with E-state index >= 15 is 0 Å². The topological polar surface area (TPSA) is 69.0 Å². The Kier molecular flexibility index (Phi) is 5.57. The molecule has 3 aromatic rings. The van der Waals surface area contributed by atoms with Crippen LogP contribution in [0.5, 0.6) is 5.75 Å². The van der Waals surface area contributed by atoms with Crippen LogP contribution in [0.15, 0.2) is 42.5 Å². The minimum atomic E-state index is -2.94. The number of rotatable bonds is 6. The van der Waals surface area contributed by atoms with Gasteiger partial charge in [-0.05, 0) is 42.8 Å². The molecule has 3 rings (SSSR count). The molecule has 146 valence electrons. The van der Waals surface area contributed by atoms with Crippen LogP contribution in [-0.4, -0.2) is 27.5 Å². The summed E-state index contributed by atoms with van der Waals surface area (Å²) < 4.78 is 56.5. The zero-order valence-corrected chi connectivity index (χ0v) is 14.5. The molecular weight excluding hydrogens is 380 g/mol. The Hall–Kier alpha value is -3.43. The number of hydrogen-bond donors (Lipinski definition) is 1. The Morgan fingerprint density at radius 2 is 1.86 bits per heavy atom. The lowest BCUT2D eigenvalue weighted by atomic mass is 10.2. The van der Waals surface area contributed by atoms with Crippen LogP contribution in [-0.2, 0) is 6.42 Å². The molecule has 0 saturated heterocycles. The lowest BCUT2D eigenvalue weighted by molar-refractivity contribution is -0.0498. The van der Waals surface area contributed by atoms with Crippen molar-refractivity contribution < 1.29 is 27.1 Å². The van der Waals surface area contributed by atoms with Gasteiger partial charge in [0.05, 0.1) is 11.4 Å². The van der Waals surface area contributed by atoms with Crippen molar-refractivity contribution >= 4 is 11.6 Å². The largest absolute Gasteiger partial charge is 0.435 e. The third-order valence-corrected chi connectivity index (χ3v) is 3.80. The lowest BCUT2D eigenvalue weighted by Gasteiger charge is -2.08. The van der Waals surface area contributed by atoms with Crippen molar-refractivity contribution in [3.8, 4) is 11.4 Å². The molecule has 1 amide bonds. The highest BCUT2D eigenvalue weighted by Gasteiger charge is 2.20. The van der Waals surface area contributed by atoms with E-state index < -0.39 is 24.2 Å². The average Bonchev–Trinajstić information content (AvgIpc) is 3.09. The van der Waals surface area contributed by atoms with Gasteiger partial charge in [-0.2, -0.15) is 8.78 Å². The molecular formula is C18H14F4N4O2. The zero-order chi connectivity index (χ0) is 20.3. The van der Waals surface area contributed by atoms with E-state index in [0.717, 1.165) is 12.1 Å². The van der Waals surface area contributed by atoms with Gasteiger partial charge in [-0.15, -0.1) is 5.10 Å².